The number of hydrogen-bond acceptors (Lipinski definition) is 3. The molecule has 0 aliphatic heterocycles. The molecule has 3 aromatic rings. The van der Waals surface area contributed by atoms with E-state index in [9.17, 15) is 8.42 Å². The van der Waals surface area contributed by atoms with E-state index >= 15 is 0 Å². The molecule has 0 bridgehead atoms. The van der Waals surface area contributed by atoms with E-state index in [2.05, 4.69) is 21.8 Å². The lowest BCUT2D eigenvalue weighted by Gasteiger charge is -2.09. The third kappa shape index (κ3) is 2.66. The maximum absolute atomic E-state index is 12.4. The number of halogens is 1. The van der Waals surface area contributed by atoms with Crippen molar-refractivity contribution in [3.8, 4) is 11.1 Å². The number of aromatic nitrogens is 1. The van der Waals surface area contributed by atoms with Crippen LogP contribution >= 0.6 is 11.6 Å². The second kappa shape index (κ2) is 5.61. The molecule has 0 saturated carbocycles. The van der Waals surface area contributed by atoms with Crippen LogP contribution in [-0.4, -0.2) is 13.4 Å². The average molecular weight is 357 g/mol. The third-order valence-electron chi connectivity index (χ3n) is 4.06. The van der Waals surface area contributed by atoms with Crippen molar-refractivity contribution in [2.45, 2.75) is 11.3 Å². The van der Waals surface area contributed by atoms with Crippen LogP contribution < -0.4 is 4.72 Å². The fourth-order valence-electron chi connectivity index (χ4n) is 2.94. The number of rotatable bonds is 3. The largest absolute Gasteiger partial charge is 0.280 e. The standard InChI is InChI=1S/C18H13ClN2O2S/c19-18-8-6-15(11-20-18)24(22,23)21-14-5-7-17-13(10-14)9-12-3-1-2-4-16(12)17/h1-8,10-11,21H,9H2. The van der Waals surface area contributed by atoms with E-state index in [0.29, 0.717) is 5.69 Å². The normalized spacial score (nSPS) is 12.5. The summed E-state index contributed by atoms with van der Waals surface area (Å²) in [6.45, 7) is 0. The number of pyridine rings is 1. The maximum Gasteiger partial charge on any atom is 0.263 e. The zero-order chi connectivity index (χ0) is 16.7. The van der Waals surface area contributed by atoms with Gasteiger partial charge in [0.15, 0.2) is 0 Å². The molecule has 0 amide bonds. The first-order valence-electron chi connectivity index (χ1n) is 7.38. The van der Waals surface area contributed by atoms with E-state index < -0.39 is 10.0 Å². The van der Waals surface area contributed by atoms with Crippen molar-refractivity contribution >= 4 is 27.3 Å². The Hall–Kier alpha value is -2.37. The molecule has 1 aromatic heterocycles. The first kappa shape index (κ1) is 15.2. The summed E-state index contributed by atoms with van der Waals surface area (Å²) in [6, 6.07) is 16.7. The van der Waals surface area contributed by atoms with Gasteiger partial charge in [0.25, 0.3) is 10.0 Å². The summed E-state index contributed by atoms with van der Waals surface area (Å²) in [6.07, 6.45) is 2.05. The topological polar surface area (TPSA) is 59.1 Å². The number of anilines is 1. The van der Waals surface area contributed by atoms with Crippen LogP contribution in [0, 0.1) is 0 Å². The van der Waals surface area contributed by atoms with E-state index in [4.69, 9.17) is 11.6 Å². The molecule has 0 spiro atoms. The Bertz CT molecular complexity index is 1030. The SMILES string of the molecule is O=S(=O)(Nc1ccc2c(c1)Cc1ccccc1-2)c1ccc(Cl)nc1. The lowest BCUT2D eigenvalue weighted by molar-refractivity contribution is 0.601. The van der Waals surface area contributed by atoms with Gasteiger partial charge in [-0.25, -0.2) is 13.4 Å². The number of nitrogens with zero attached hydrogens (tertiary/aromatic N) is 1. The predicted octanol–water partition coefficient (Wildman–Crippen LogP) is 4.11. The summed E-state index contributed by atoms with van der Waals surface area (Å²) in [5.41, 5.74) is 5.28. The Labute approximate surface area is 145 Å². The van der Waals surface area contributed by atoms with Crippen LogP contribution in [0.4, 0.5) is 5.69 Å². The highest BCUT2D eigenvalue weighted by atomic mass is 35.5. The zero-order valence-electron chi connectivity index (χ0n) is 12.5. The summed E-state index contributed by atoms with van der Waals surface area (Å²) in [7, 11) is -3.69. The highest BCUT2D eigenvalue weighted by Gasteiger charge is 2.20. The Morgan fingerprint density at radius 2 is 1.75 bits per heavy atom. The monoisotopic (exact) mass is 356 g/mol. The number of fused-ring (bicyclic) bond motifs is 3. The molecule has 0 saturated heterocycles. The van der Waals surface area contributed by atoms with Crippen LogP contribution in [0.2, 0.25) is 5.15 Å². The maximum atomic E-state index is 12.4. The summed E-state index contributed by atoms with van der Waals surface area (Å²) >= 11 is 5.70. The summed E-state index contributed by atoms with van der Waals surface area (Å²) in [5, 5.41) is 0.254. The molecule has 0 fully saturated rings. The third-order valence-corrected chi connectivity index (χ3v) is 5.65. The van der Waals surface area contributed by atoms with E-state index in [-0.39, 0.29) is 10.0 Å². The van der Waals surface area contributed by atoms with Gasteiger partial charge in [0.2, 0.25) is 0 Å². The molecule has 1 aliphatic carbocycles. The molecule has 120 valence electrons. The first-order chi connectivity index (χ1) is 11.5. The van der Waals surface area contributed by atoms with Crippen LogP contribution in [0.5, 0.6) is 0 Å². The molecule has 1 aliphatic rings. The van der Waals surface area contributed by atoms with Crippen molar-refractivity contribution in [1.29, 1.82) is 0 Å². The second-order valence-corrected chi connectivity index (χ2v) is 7.70. The van der Waals surface area contributed by atoms with Gasteiger partial charge in [-0.3, -0.25) is 4.72 Å². The molecular formula is C18H13ClN2O2S. The molecule has 1 heterocycles. The Morgan fingerprint density at radius 3 is 2.54 bits per heavy atom. The number of benzene rings is 2. The minimum absolute atomic E-state index is 0.0793. The molecule has 2 aromatic carbocycles. The van der Waals surface area contributed by atoms with Gasteiger partial charge in [0.05, 0.1) is 0 Å². The summed E-state index contributed by atoms with van der Waals surface area (Å²) in [4.78, 5) is 3.90. The van der Waals surface area contributed by atoms with E-state index in [1.54, 1.807) is 6.07 Å². The van der Waals surface area contributed by atoms with Crippen LogP contribution in [0.25, 0.3) is 11.1 Å². The molecule has 24 heavy (non-hydrogen) atoms. The number of sulfonamides is 1. The van der Waals surface area contributed by atoms with Gasteiger partial charge >= 0.3 is 0 Å². The fraction of sp³-hybridized carbons (Fsp3) is 0.0556. The molecule has 6 heteroatoms. The van der Waals surface area contributed by atoms with Crippen molar-refractivity contribution in [2.24, 2.45) is 0 Å². The van der Waals surface area contributed by atoms with Gasteiger partial charge in [0, 0.05) is 11.9 Å². The van der Waals surface area contributed by atoms with E-state index in [1.807, 2.05) is 24.3 Å². The highest BCUT2D eigenvalue weighted by Crippen LogP contribution is 2.37. The molecule has 1 N–H and O–H groups in total. The van der Waals surface area contributed by atoms with Crippen LogP contribution in [0.3, 0.4) is 0 Å². The number of nitrogens with one attached hydrogen (secondary N) is 1. The van der Waals surface area contributed by atoms with Gasteiger partial charge in [-0.1, -0.05) is 41.9 Å². The molecular weight excluding hydrogens is 344 g/mol. The fourth-order valence-corrected chi connectivity index (χ4v) is 4.05. The van der Waals surface area contributed by atoms with Crippen molar-refractivity contribution in [1.82, 2.24) is 4.98 Å². The smallest absolute Gasteiger partial charge is 0.263 e. The minimum Gasteiger partial charge on any atom is -0.280 e. The van der Waals surface area contributed by atoms with Crippen LogP contribution in [0.15, 0.2) is 65.7 Å². The van der Waals surface area contributed by atoms with Crippen LogP contribution in [-0.2, 0) is 16.4 Å². The molecule has 0 atom stereocenters. The van der Waals surface area contributed by atoms with Crippen molar-refractivity contribution in [2.75, 3.05) is 4.72 Å². The Balaban J connectivity index is 1.65. The van der Waals surface area contributed by atoms with Crippen molar-refractivity contribution in [3.63, 3.8) is 0 Å². The lowest BCUT2D eigenvalue weighted by atomic mass is 10.1. The summed E-state index contributed by atoms with van der Waals surface area (Å²) in [5.74, 6) is 0. The zero-order valence-corrected chi connectivity index (χ0v) is 14.1. The Morgan fingerprint density at radius 1 is 0.958 bits per heavy atom. The van der Waals surface area contributed by atoms with Crippen molar-refractivity contribution < 1.29 is 8.42 Å². The Kier molecular flexibility index (Phi) is 3.55. The van der Waals surface area contributed by atoms with Gasteiger partial charge in [-0.05, 0) is 52.9 Å². The average Bonchev–Trinajstić information content (AvgIpc) is 2.92. The minimum atomic E-state index is -3.69. The highest BCUT2D eigenvalue weighted by molar-refractivity contribution is 7.92. The molecule has 4 rings (SSSR count). The van der Waals surface area contributed by atoms with Gasteiger partial charge in [0.1, 0.15) is 10.0 Å². The molecule has 0 unspecified atom stereocenters. The van der Waals surface area contributed by atoms with Crippen LogP contribution in [0.1, 0.15) is 11.1 Å². The van der Waals surface area contributed by atoms with E-state index in [0.717, 1.165) is 17.5 Å². The van der Waals surface area contributed by atoms with Crippen molar-refractivity contribution in [3.05, 3.63) is 77.1 Å². The van der Waals surface area contributed by atoms with Gasteiger partial charge < -0.3 is 0 Å². The second-order valence-electron chi connectivity index (χ2n) is 5.63. The summed E-state index contributed by atoms with van der Waals surface area (Å²) < 4.78 is 27.5. The van der Waals surface area contributed by atoms with Gasteiger partial charge in [-0.15, -0.1) is 0 Å². The lowest BCUT2D eigenvalue weighted by Crippen LogP contribution is -2.13. The van der Waals surface area contributed by atoms with Gasteiger partial charge in [-0.2, -0.15) is 0 Å². The first-order valence-corrected chi connectivity index (χ1v) is 9.25. The predicted molar refractivity (Wildman–Crippen MR) is 94.7 cm³/mol. The number of hydrogen-bond donors (Lipinski definition) is 1. The van der Waals surface area contributed by atoms with E-state index in [1.165, 1.54) is 29.5 Å². The molecule has 4 nitrogen and oxygen atoms in total. The molecule has 0 radical (unpaired) electrons. The quantitative estimate of drug-likeness (QED) is 0.562.